The summed E-state index contributed by atoms with van der Waals surface area (Å²) in [6.07, 6.45) is -0.277. The molecule has 17 heavy (non-hydrogen) atoms. The Morgan fingerprint density at radius 1 is 1.12 bits per heavy atom. The average Bonchev–Trinajstić information content (AvgIpc) is 2.29. The van der Waals surface area contributed by atoms with Crippen molar-refractivity contribution in [1.29, 1.82) is 0 Å². The number of hydrogen-bond acceptors (Lipinski definition) is 5. The number of hydrogen-bond donors (Lipinski definition) is 2. The van der Waals surface area contributed by atoms with Crippen molar-refractivity contribution < 1.29 is 33.1 Å². The maximum Gasteiger partial charge on any atom is 0.500 e. The Morgan fingerprint density at radius 2 is 1.59 bits per heavy atom. The predicted molar refractivity (Wildman–Crippen MR) is 59.6 cm³/mol. The van der Waals surface area contributed by atoms with E-state index < -0.39 is 33.1 Å². The van der Waals surface area contributed by atoms with Crippen LogP contribution in [0, 0.1) is 5.92 Å². The summed E-state index contributed by atoms with van der Waals surface area (Å²) in [5.41, 5.74) is 0. The molecule has 0 bridgehead atoms. The molecule has 0 amide bonds. The first-order chi connectivity index (χ1) is 7.90. The van der Waals surface area contributed by atoms with Gasteiger partial charge in [0.15, 0.2) is 0 Å². The monoisotopic (exact) mass is 266 g/mol. The van der Waals surface area contributed by atoms with Crippen molar-refractivity contribution in [2.45, 2.75) is 18.9 Å². The van der Waals surface area contributed by atoms with Crippen LogP contribution in [0.25, 0.3) is 0 Å². The van der Waals surface area contributed by atoms with Gasteiger partial charge >= 0.3 is 20.7 Å². The molecule has 0 aliphatic heterocycles. The summed E-state index contributed by atoms with van der Waals surface area (Å²) < 4.78 is 15.4. The van der Waals surface area contributed by atoms with E-state index in [1.165, 1.54) is 21.3 Å². The molecule has 0 fully saturated rings. The van der Waals surface area contributed by atoms with E-state index >= 15 is 0 Å². The Balaban J connectivity index is 4.46. The highest BCUT2D eigenvalue weighted by Crippen LogP contribution is 2.21. The predicted octanol–water partition coefficient (Wildman–Crippen LogP) is 0.430. The molecule has 0 spiro atoms. The number of rotatable bonds is 9. The smallest absolute Gasteiger partial charge is 0.481 e. The fourth-order valence-electron chi connectivity index (χ4n) is 1.43. The average molecular weight is 266 g/mol. The lowest BCUT2D eigenvalue weighted by atomic mass is 10.0. The third-order valence-corrected chi connectivity index (χ3v) is 5.27. The third-order valence-electron chi connectivity index (χ3n) is 2.50. The number of aliphatic carboxylic acids is 2. The minimum Gasteiger partial charge on any atom is -0.481 e. The SMILES string of the molecule is CO[Si](CCC(CC(=O)O)C(=O)O)(OC)OC. The van der Waals surface area contributed by atoms with Crippen LogP contribution in [-0.4, -0.2) is 52.3 Å². The van der Waals surface area contributed by atoms with Crippen molar-refractivity contribution in [3.63, 3.8) is 0 Å². The second kappa shape index (κ2) is 7.38. The van der Waals surface area contributed by atoms with Gasteiger partial charge in [0.25, 0.3) is 0 Å². The van der Waals surface area contributed by atoms with Crippen LogP contribution in [0.5, 0.6) is 0 Å². The van der Waals surface area contributed by atoms with Crippen LogP contribution in [0.15, 0.2) is 0 Å². The lowest BCUT2D eigenvalue weighted by molar-refractivity contribution is -0.148. The second-order valence-electron chi connectivity index (χ2n) is 3.47. The van der Waals surface area contributed by atoms with E-state index in [2.05, 4.69) is 0 Å². The molecule has 1 unspecified atom stereocenters. The zero-order chi connectivity index (χ0) is 13.5. The molecule has 0 saturated heterocycles. The molecule has 0 aromatic carbocycles. The summed E-state index contributed by atoms with van der Waals surface area (Å²) in [5.74, 6) is -3.24. The van der Waals surface area contributed by atoms with Gasteiger partial charge in [0.1, 0.15) is 0 Å². The number of carbonyl (C=O) groups is 2. The van der Waals surface area contributed by atoms with Crippen LogP contribution in [0.4, 0.5) is 0 Å². The van der Waals surface area contributed by atoms with Crippen LogP contribution in [-0.2, 0) is 22.9 Å². The fraction of sp³-hybridized carbons (Fsp3) is 0.778. The summed E-state index contributed by atoms with van der Waals surface area (Å²) in [4.78, 5) is 21.3. The Labute approximate surface area is 101 Å². The molecule has 7 nitrogen and oxygen atoms in total. The lowest BCUT2D eigenvalue weighted by Crippen LogP contribution is -2.43. The molecule has 0 aliphatic carbocycles. The van der Waals surface area contributed by atoms with E-state index in [1.807, 2.05) is 0 Å². The van der Waals surface area contributed by atoms with Crippen molar-refractivity contribution in [3.05, 3.63) is 0 Å². The van der Waals surface area contributed by atoms with Crippen molar-refractivity contribution in [2.75, 3.05) is 21.3 Å². The number of carboxylic acid groups (broad SMARTS) is 2. The minimum atomic E-state index is -2.83. The molecular formula is C9H18O7Si. The van der Waals surface area contributed by atoms with Crippen LogP contribution in [0.2, 0.25) is 6.04 Å². The highest BCUT2D eigenvalue weighted by Gasteiger charge is 2.39. The Bertz CT molecular complexity index is 256. The molecule has 1 atom stereocenters. The Morgan fingerprint density at radius 3 is 1.88 bits per heavy atom. The van der Waals surface area contributed by atoms with Gasteiger partial charge in [-0.25, -0.2) is 0 Å². The summed E-state index contributed by atoms with van der Waals surface area (Å²) >= 11 is 0. The highest BCUT2D eigenvalue weighted by molar-refractivity contribution is 6.60. The van der Waals surface area contributed by atoms with Gasteiger partial charge in [-0.2, -0.15) is 0 Å². The van der Waals surface area contributed by atoms with E-state index in [9.17, 15) is 9.59 Å². The second-order valence-corrected chi connectivity index (χ2v) is 6.56. The molecule has 0 radical (unpaired) electrons. The quantitative estimate of drug-likeness (QED) is 0.583. The van der Waals surface area contributed by atoms with Gasteiger partial charge < -0.3 is 23.5 Å². The van der Waals surface area contributed by atoms with Gasteiger partial charge in [-0.15, -0.1) is 0 Å². The van der Waals surface area contributed by atoms with Crippen molar-refractivity contribution in [2.24, 2.45) is 5.92 Å². The molecule has 2 N–H and O–H groups in total. The first-order valence-electron chi connectivity index (χ1n) is 5.00. The zero-order valence-electron chi connectivity index (χ0n) is 10.1. The van der Waals surface area contributed by atoms with Crippen LogP contribution in [0.1, 0.15) is 12.8 Å². The molecule has 8 heteroatoms. The van der Waals surface area contributed by atoms with Crippen molar-refractivity contribution >= 4 is 20.7 Å². The van der Waals surface area contributed by atoms with Crippen molar-refractivity contribution in [3.8, 4) is 0 Å². The Hall–Kier alpha value is -0.963. The van der Waals surface area contributed by atoms with Crippen LogP contribution in [0.3, 0.4) is 0 Å². The van der Waals surface area contributed by atoms with Crippen molar-refractivity contribution in [1.82, 2.24) is 0 Å². The van der Waals surface area contributed by atoms with Crippen LogP contribution < -0.4 is 0 Å². The molecule has 0 saturated carbocycles. The first kappa shape index (κ1) is 16.0. The van der Waals surface area contributed by atoms with Gasteiger partial charge in [-0.3, -0.25) is 9.59 Å². The topological polar surface area (TPSA) is 102 Å². The molecular weight excluding hydrogens is 248 g/mol. The van der Waals surface area contributed by atoms with Gasteiger partial charge in [0.05, 0.1) is 12.3 Å². The molecule has 100 valence electrons. The standard InChI is InChI=1S/C9H18O7Si/c1-14-17(15-2,16-3)5-4-7(9(12)13)6-8(10)11/h7H,4-6H2,1-3H3,(H,10,11)(H,12,13). The van der Waals surface area contributed by atoms with Gasteiger partial charge in [0, 0.05) is 27.4 Å². The fourth-order valence-corrected chi connectivity index (χ4v) is 3.25. The molecule has 0 aromatic heterocycles. The largest absolute Gasteiger partial charge is 0.500 e. The van der Waals surface area contributed by atoms with E-state index in [-0.39, 0.29) is 12.5 Å². The maximum atomic E-state index is 10.8. The minimum absolute atomic E-state index is 0.142. The lowest BCUT2D eigenvalue weighted by Gasteiger charge is -2.25. The van der Waals surface area contributed by atoms with E-state index in [0.29, 0.717) is 0 Å². The first-order valence-corrected chi connectivity index (χ1v) is 6.94. The zero-order valence-corrected chi connectivity index (χ0v) is 11.1. The summed E-state index contributed by atoms with van der Waals surface area (Å²) in [5, 5.41) is 17.5. The molecule has 0 heterocycles. The van der Waals surface area contributed by atoms with Crippen LogP contribution >= 0.6 is 0 Å². The van der Waals surface area contributed by atoms with E-state index in [1.54, 1.807) is 0 Å². The third kappa shape index (κ3) is 5.26. The molecule has 0 aliphatic rings. The molecule has 0 aromatic rings. The van der Waals surface area contributed by atoms with Gasteiger partial charge in [-0.1, -0.05) is 0 Å². The van der Waals surface area contributed by atoms with Gasteiger partial charge in [0.2, 0.25) is 0 Å². The Kier molecular flexibility index (Phi) is 6.96. The number of carboxylic acids is 2. The maximum absolute atomic E-state index is 10.8. The van der Waals surface area contributed by atoms with E-state index in [0.717, 1.165) is 0 Å². The normalized spacial score (nSPS) is 13.4. The summed E-state index contributed by atoms with van der Waals surface area (Å²) in [6.45, 7) is 0. The van der Waals surface area contributed by atoms with E-state index in [4.69, 9.17) is 23.5 Å². The summed E-state index contributed by atoms with van der Waals surface area (Å²) in [6, 6.07) is 0.265. The van der Waals surface area contributed by atoms with Gasteiger partial charge in [-0.05, 0) is 6.42 Å². The summed E-state index contributed by atoms with van der Waals surface area (Å²) in [7, 11) is 1.44. The molecule has 0 rings (SSSR count). The highest BCUT2D eigenvalue weighted by atomic mass is 28.4.